The van der Waals surface area contributed by atoms with E-state index < -0.39 is 22.2 Å². The highest BCUT2D eigenvalue weighted by atomic mass is 32.2. The molecule has 0 radical (unpaired) electrons. The molecule has 9 heteroatoms. The summed E-state index contributed by atoms with van der Waals surface area (Å²) in [5.74, 6) is 6.66. The number of hydrogen-bond acceptors (Lipinski definition) is 6. The van der Waals surface area contributed by atoms with E-state index in [-0.39, 0.29) is 35.6 Å². The van der Waals surface area contributed by atoms with Crippen LogP contribution in [0.1, 0.15) is 31.9 Å². The van der Waals surface area contributed by atoms with E-state index in [2.05, 4.69) is 11.8 Å². The highest BCUT2D eigenvalue weighted by molar-refractivity contribution is 7.89. The number of sulfonamides is 1. The topological polar surface area (TPSA) is 96.4 Å². The van der Waals surface area contributed by atoms with Crippen LogP contribution in [-0.2, 0) is 14.8 Å². The molecule has 0 saturated heterocycles. The fraction of sp³-hybridized carbons (Fsp3) is 0.423. The van der Waals surface area contributed by atoms with Gasteiger partial charge in [0.15, 0.2) is 0 Å². The molecule has 1 N–H and O–H groups in total. The third kappa shape index (κ3) is 6.14. The number of aliphatic hydroxyl groups is 1. The standard InChI is InChI=1S/C26H32N2O6S/c1-18-15-28(19(2)17-29)35(31,32)26-13-10-22(7-6-21-8-11-23(33-5)12-9-21)14-24(26)34-25(18)16-27(4)20(3)30/h8-14,18-19,25,29H,15-17H2,1-5H3/t18-,19-,25-/m0/s1. The molecule has 0 bridgehead atoms. The Morgan fingerprint density at radius 2 is 1.86 bits per heavy atom. The minimum atomic E-state index is -3.94. The lowest BCUT2D eigenvalue weighted by Gasteiger charge is -2.37. The van der Waals surface area contributed by atoms with E-state index in [4.69, 9.17) is 9.47 Å². The van der Waals surface area contributed by atoms with Crippen LogP contribution >= 0.6 is 0 Å². The Balaban J connectivity index is 2.05. The van der Waals surface area contributed by atoms with Gasteiger partial charge in [0.05, 0.1) is 20.3 Å². The maximum atomic E-state index is 13.5. The van der Waals surface area contributed by atoms with Gasteiger partial charge in [-0.3, -0.25) is 4.79 Å². The third-order valence-corrected chi connectivity index (χ3v) is 8.12. The summed E-state index contributed by atoms with van der Waals surface area (Å²) in [6.07, 6.45) is -0.462. The average Bonchev–Trinajstić information content (AvgIpc) is 2.84. The summed E-state index contributed by atoms with van der Waals surface area (Å²) in [5, 5.41) is 9.74. The van der Waals surface area contributed by atoms with Crippen molar-refractivity contribution in [2.75, 3.05) is 33.9 Å². The molecule has 0 spiro atoms. The number of benzene rings is 2. The Morgan fingerprint density at radius 3 is 2.46 bits per heavy atom. The van der Waals surface area contributed by atoms with E-state index in [9.17, 15) is 18.3 Å². The second kappa shape index (κ2) is 11.1. The number of ether oxygens (including phenoxy) is 2. The number of fused-ring (bicyclic) bond motifs is 1. The van der Waals surface area contributed by atoms with Crippen molar-refractivity contribution in [3.8, 4) is 23.3 Å². The summed E-state index contributed by atoms with van der Waals surface area (Å²) in [5.41, 5.74) is 1.37. The van der Waals surface area contributed by atoms with Gasteiger partial charge in [-0.1, -0.05) is 18.8 Å². The molecule has 35 heavy (non-hydrogen) atoms. The molecule has 1 heterocycles. The first-order valence-corrected chi connectivity index (χ1v) is 12.8. The van der Waals surface area contributed by atoms with Crippen LogP contribution in [0.5, 0.6) is 11.5 Å². The van der Waals surface area contributed by atoms with Gasteiger partial charge >= 0.3 is 0 Å². The SMILES string of the molecule is COc1ccc(C#Cc2ccc3c(c2)O[C@@H](CN(C)C(C)=O)[C@@H](C)CN([C@@H](C)CO)S3(=O)=O)cc1. The van der Waals surface area contributed by atoms with Crippen molar-refractivity contribution in [1.29, 1.82) is 0 Å². The number of carbonyl (C=O) groups is 1. The third-order valence-electron chi connectivity index (χ3n) is 6.10. The lowest BCUT2D eigenvalue weighted by Crippen LogP contribution is -2.50. The van der Waals surface area contributed by atoms with Crippen LogP contribution in [-0.4, -0.2) is 74.6 Å². The normalized spacial score (nSPS) is 20.2. The summed E-state index contributed by atoms with van der Waals surface area (Å²) < 4.78 is 39.8. The van der Waals surface area contributed by atoms with Crippen molar-refractivity contribution >= 4 is 15.9 Å². The second-order valence-electron chi connectivity index (χ2n) is 8.78. The fourth-order valence-electron chi connectivity index (χ4n) is 3.74. The minimum absolute atomic E-state index is 0.00942. The molecule has 3 rings (SSSR count). The molecule has 2 aromatic carbocycles. The Labute approximate surface area is 207 Å². The van der Waals surface area contributed by atoms with Gasteiger partial charge in [0, 0.05) is 43.6 Å². The van der Waals surface area contributed by atoms with E-state index in [0.717, 1.165) is 11.3 Å². The Hall–Kier alpha value is -3.06. The monoisotopic (exact) mass is 500 g/mol. The van der Waals surface area contributed by atoms with Crippen LogP contribution in [0.15, 0.2) is 47.4 Å². The van der Waals surface area contributed by atoms with Crippen LogP contribution in [0, 0.1) is 17.8 Å². The number of rotatable bonds is 5. The Kier molecular flexibility index (Phi) is 8.43. The molecule has 1 amide bonds. The number of aliphatic hydroxyl groups excluding tert-OH is 1. The van der Waals surface area contributed by atoms with Crippen LogP contribution < -0.4 is 9.47 Å². The summed E-state index contributed by atoms with van der Waals surface area (Å²) in [6, 6.07) is 11.4. The predicted octanol–water partition coefficient (Wildman–Crippen LogP) is 2.34. The van der Waals surface area contributed by atoms with Crippen molar-refractivity contribution in [2.45, 2.75) is 37.8 Å². The zero-order chi connectivity index (χ0) is 25.8. The van der Waals surface area contributed by atoms with Crippen LogP contribution in [0.2, 0.25) is 0 Å². The highest BCUT2D eigenvalue weighted by Crippen LogP contribution is 2.34. The molecule has 2 aromatic rings. The zero-order valence-electron chi connectivity index (χ0n) is 20.7. The summed E-state index contributed by atoms with van der Waals surface area (Å²) in [6.45, 7) is 5.14. The van der Waals surface area contributed by atoms with Crippen molar-refractivity contribution in [1.82, 2.24) is 9.21 Å². The predicted molar refractivity (Wildman–Crippen MR) is 133 cm³/mol. The van der Waals surface area contributed by atoms with Gasteiger partial charge in [0.1, 0.15) is 22.5 Å². The van der Waals surface area contributed by atoms with Crippen LogP contribution in [0.3, 0.4) is 0 Å². The smallest absolute Gasteiger partial charge is 0.247 e. The fourth-order valence-corrected chi connectivity index (χ4v) is 5.56. The molecule has 1 aliphatic heterocycles. The summed E-state index contributed by atoms with van der Waals surface area (Å²) in [4.78, 5) is 13.4. The van der Waals surface area contributed by atoms with E-state index >= 15 is 0 Å². The van der Waals surface area contributed by atoms with Crippen molar-refractivity contribution in [3.63, 3.8) is 0 Å². The lowest BCUT2D eigenvalue weighted by atomic mass is 10.0. The number of carbonyl (C=O) groups excluding carboxylic acids is 1. The lowest BCUT2D eigenvalue weighted by molar-refractivity contribution is -0.129. The molecule has 188 valence electrons. The first-order chi connectivity index (χ1) is 16.6. The maximum Gasteiger partial charge on any atom is 0.247 e. The molecule has 0 aromatic heterocycles. The molecule has 1 aliphatic rings. The van der Waals surface area contributed by atoms with Gasteiger partial charge < -0.3 is 19.5 Å². The van der Waals surface area contributed by atoms with E-state index in [0.29, 0.717) is 12.1 Å². The number of methoxy groups -OCH3 is 1. The number of hydrogen-bond donors (Lipinski definition) is 1. The first kappa shape index (κ1) is 26.5. The maximum absolute atomic E-state index is 13.5. The van der Waals surface area contributed by atoms with Crippen molar-refractivity contribution < 1.29 is 27.8 Å². The van der Waals surface area contributed by atoms with E-state index in [1.54, 1.807) is 38.1 Å². The van der Waals surface area contributed by atoms with Gasteiger partial charge in [-0.15, -0.1) is 0 Å². The largest absolute Gasteiger partial charge is 0.497 e. The molecule has 8 nitrogen and oxygen atoms in total. The van der Waals surface area contributed by atoms with Gasteiger partial charge in [-0.05, 0) is 49.4 Å². The van der Waals surface area contributed by atoms with E-state index in [1.807, 2.05) is 31.2 Å². The summed E-state index contributed by atoms with van der Waals surface area (Å²) in [7, 11) is -0.666. The number of likely N-dealkylation sites (N-methyl/N-ethyl adjacent to an activating group) is 1. The zero-order valence-corrected chi connectivity index (χ0v) is 21.5. The Morgan fingerprint density at radius 1 is 1.23 bits per heavy atom. The van der Waals surface area contributed by atoms with Crippen molar-refractivity contribution in [2.24, 2.45) is 5.92 Å². The molecule has 0 aliphatic carbocycles. The number of nitrogens with zero attached hydrogens (tertiary/aromatic N) is 2. The second-order valence-corrected chi connectivity index (χ2v) is 10.6. The quantitative estimate of drug-likeness (QED) is 0.633. The van der Waals surface area contributed by atoms with Crippen molar-refractivity contribution in [3.05, 3.63) is 53.6 Å². The molecule has 3 atom stereocenters. The highest BCUT2D eigenvalue weighted by Gasteiger charge is 2.38. The van der Waals surface area contributed by atoms with Crippen LogP contribution in [0.4, 0.5) is 0 Å². The molecule has 0 unspecified atom stereocenters. The average molecular weight is 501 g/mol. The Bertz CT molecular complexity index is 1220. The van der Waals surface area contributed by atoms with Gasteiger partial charge in [0.2, 0.25) is 15.9 Å². The molecule has 0 saturated carbocycles. The van der Waals surface area contributed by atoms with Gasteiger partial charge in [-0.25, -0.2) is 8.42 Å². The van der Waals surface area contributed by atoms with Crippen LogP contribution in [0.25, 0.3) is 0 Å². The minimum Gasteiger partial charge on any atom is -0.497 e. The number of amides is 1. The molecule has 0 fully saturated rings. The molecular weight excluding hydrogens is 468 g/mol. The first-order valence-electron chi connectivity index (χ1n) is 11.4. The molecular formula is C26H32N2O6S. The summed E-state index contributed by atoms with van der Waals surface area (Å²) >= 11 is 0. The van der Waals surface area contributed by atoms with E-state index in [1.165, 1.54) is 17.3 Å². The van der Waals surface area contributed by atoms with Gasteiger partial charge in [-0.2, -0.15) is 4.31 Å². The van der Waals surface area contributed by atoms with Gasteiger partial charge in [0.25, 0.3) is 0 Å².